The van der Waals surface area contributed by atoms with Crippen LogP contribution in [0.4, 0.5) is 0 Å². The van der Waals surface area contributed by atoms with E-state index in [2.05, 4.69) is 12.2 Å². The van der Waals surface area contributed by atoms with Crippen LogP contribution in [-0.4, -0.2) is 25.3 Å². The summed E-state index contributed by atoms with van der Waals surface area (Å²) in [6, 6.07) is 0. The number of ether oxygens (including phenoxy) is 1. The Morgan fingerprint density at radius 2 is 2.00 bits per heavy atom. The van der Waals surface area contributed by atoms with Crippen LogP contribution < -0.4 is 5.32 Å². The minimum atomic E-state index is 0.132. The Labute approximate surface area is 100 Å². The fourth-order valence-electron chi connectivity index (χ4n) is 3.11. The molecular weight excluding hydrogens is 198 g/mol. The van der Waals surface area contributed by atoms with E-state index in [9.17, 15) is 0 Å². The lowest BCUT2D eigenvalue weighted by molar-refractivity contribution is 0.0207. The zero-order valence-electron chi connectivity index (χ0n) is 10.8. The van der Waals surface area contributed by atoms with E-state index < -0.39 is 0 Å². The first-order chi connectivity index (χ1) is 7.79. The molecule has 1 heterocycles. The van der Waals surface area contributed by atoms with Crippen LogP contribution in [0.5, 0.6) is 0 Å². The smallest absolute Gasteiger partial charge is 0.0779 e. The third kappa shape index (κ3) is 3.74. The molecule has 94 valence electrons. The van der Waals surface area contributed by atoms with Crippen molar-refractivity contribution in [2.24, 2.45) is 5.92 Å². The van der Waals surface area contributed by atoms with Gasteiger partial charge in [0.2, 0.25) is 0 Å². The van der Waals surface area contributed by atoms with Crippen molar-refractivity contribution < 1.29 is 4.74 Å². The maximum Gasteiger partial charge on any atom is 0.0779 e. The molecule has 0 aromatic carbocycles. The van der Waals surface area contributed by atoms with Crippen LogP contribution in [0.3, 0.4) is 0 Å². The maximum atomic E-state index is 5.77. The predicted molar refractivity (Wildman–Crippen MR) is 67.7 cm³/mol. The lowest BCUT2D eigenvalue weighted by Gasteiger charge is -2.25. The highest BCUT2D eigenvalue weighted by atomic mass is 16.5. The van der Waals surface area contributed by atoms with E-state index in [1.165, 1.54) is 57.9 Å². The van der Waals surface area contributed by atoms with Gasteiger partial charge < -0.3 is 10.1 Å². The first kappa shape index (κ1) is 12.4. The van der Waals surface area contributed by atoms with Gasteiger partial charge in [-0.25, -0.2) is 0 Å². The van der Waals surface area contributed by atoms with Gasteiger partial charge >= 0.3 is 0 Å². The molecule has 2 aliphatic rings. The summed E-state index contributed by atoms with van der Waals surface area (Å²) in [6.45, 7) is 5.43. The summed E-state index contributed by atoms with van der Waals surface area (Å²) in [6.07, 6.45) is 11.2. The van der Waals surface area contributed by atoms with Crippen molar-refractivity contribution in [1.82, 2.24) is 5.32 Å². The van der Waals surface area contributed by atoms with Gasteiger partial charge in [0.15, 0.2) is 0 Å². The zero-order valence-corrected chi connectivity index (χ0v) is 10.8. The summed E-state index contributed by atoms with van der Waals surface area (Å²) in [4.78, 5) is 0. The summed E-state index contributed by atoms with van der Waals surface area (Å²) in [7, 11) is 0. The van der Waals surface area contributed by atoms with Gasteiger partial charge in [-0.2, -0.15) is 0 Å². The molecule has 2 rings (SSSR count). The molecule has 0 aromatic heterocycles. The number of hydrogen-bond donors (Lipinski definition) is 1. The normalized spacial score (nSPS) is 32.1. The highest BCUT2D eigenvalue weighted by Crippen LogP contribution is 2.26. The molecule has 0 spiro atoms. The van der Waals surface area contributed by atoms with Gasteiger partial charge in [0.25, 0.3) is 0 Å². The van der Waals surface area contributed by atoms with Crippen LogP contribution in [-0.2, 0) is 4.74 Å². The first-order valence-electron chi connectivity index (χ1n) is 7.13. The van der Waals surface area contributed by atoms with E-state index in [1.54, 1.807) is 0 Å². The molecule has 2 fully saturated rings. The van der Waals surface area contributed by atoms with E-state index in [1.807, 2.05) is 0 Å². The van der Waals surface area contributed by atoms with Crippen LogP contribution in [0.15, 0.2) is 0 Å². The molecule has 0 radical (unpaired) electrons. The molecule has 0 amide bonds. The van der Waals surface area contributed by atoms with E-state index in [-0.39, 0.29) is 5.60 Å². The number of hydrogen-bond acceptors (Lipinski definition) is 2. The molecule has 1 aliphatic heterocycles. The minimum Gasteiger partial charge on any atom is -0.374 e. The molecular formula is C14H27NO. The van der Waals surface area contributed by atoms with Crippen LogP contribution in [0.25, 0.3) is 0 Å². The van der Waals surface area contributed by atoms with E-state index >= 15 is 0 Å². The fraction of sp³-hybridized carbons (Fsp3) is 1.00. The molecule has 1 N–H and O–H groups in total. The average Bonchev–Trinajstić information content (AvgIpc) is 2.74. The van der Waals surface area contributed by atoms with Gasteiger partial charge in [-0.15, -0.1) is 0 Å². The second kappa shape index (κ2) is 6.02. The van der Waals surface area contributed by atoms with Crippen molar-refractivity contribution in [3.05, 3.63) is 0 Å². The van der Waals surface area contributed by atoms with Crippen molar-refractivity contribution in [2.45, 2.75) is 63.9 Å². The lowest BCUT2D eigenvalue weighted by Crippen LogP contribution is -2.38. The van der Waals surface area contributed by atoms with Gasteiger partial charge in [-0.1, -0.05) is 32.1 Å². The number of rotatable bonds is 5. The molecule has 1 unspecified atom stereocenters. The monoisotopic (exact) mass is 225 g/mol. The maximum absolute atomic E-state index is 5.77. The van der Waals surface area contributed by atoms with Crippen LogP contribution in [0, 0.1) is 5.92 Å². The molecule has 0 aromatic rings. The second-order valence-corrected chi connectivity index (χ2v) is 5.87. The van der Waals surface area contributed by atoms with E-state index in [0.29, 0.717) is 0 Å². The van der Waals surface area contributed by atoms with Crippen molar-refractivity contribution in [3.8, 4) is 0 Å². The summed E-state index contributed by atoms with van der Waals surface area (Å²) in [5, 5.41) is 3.59. The molecule has 1 atom stereocenters. The molecule has 1 saturated carbocycles. The van der Waals surface area contributed by atoms with Gasteiger partial charge in [0.1, 0.15) is 0 Å². The average molecular weight is 225 g/mol. The van der Waals surface area contributed by atoms with Gasteiger partial charge in [0, 0.05) is 13.2 Å². The highest BCUT2D eigenvalue weighted by Gasteiger charge is 2.28. The Morgan fingerprint density at radius 3 is 2.69 bits per heavy atom. The van der Waals surface area contributed by atoms with Crippen molar-refractivity contribution in [2.75, 3.05) is 19.7 Å². The van der Waals surface area contributed by atoms with Gasteiger partial charge in [-0.3, -0.25) is 0 Å². The lowest BCUT2D eigenvalue weighted by atomic mass is 9.87. The number of nitrogens with one attached hydrogen (secondary N) is 1. The Morgan fingerprint density at radius 1 is 1.19 bits per heavy atom. The minimum absolute atomic E-state index is 0.132. The molecule has 2 heteroatoms. The Balaban J connectivity index is 1.54. The largest absolute Gasteiger partial charge is 0.374 e. The third-order valence-electron chi connectivity index (χ3n) is 4.25. The summed E-state index contributed by atoms with van der Waals surface area (Å²) in [5.41, 5.74) is 0.132. The highest BCUT2D eigenvalue weighted by molar-refractivity contribution is 4.82. The second-order valence-electron chi connectivity index (χ2n) is 5.87. The van der Waals surface area contributed by atoms with Crippen LogP contribution >= 0.6 is 0 Å². The molecule has 0 bridgehead atoms. The summed E-state index contributed by atoms with van der Waals surface area (Å²) >= 11 is 0. The Kier molecular flexibility index (Phi) is 4.66. The Hall–Kier alpha value is -0.0800. The topological polar surface area (TPSA) is 21.3 Å². The predicted octanol–water partition coefficient (Wildman–Crippen LogP) is 3.12. The molecule has 1 saturated heterocycles. The quantitative estimate of drug-likeness (QED) is 0.726. The van der Waals surface area contributed by atoms with Gasteiger partial charge in [-0.05, 0) is 38.6 Å². The third-order valence-corrected chi connectivity index (χ3v) is 4.25. The summed E-state index contributed by atoms with van der Waals surface area (Å²) < 4.78 is 5.77. The molecule has 1 aliphatic carbocycles. The Bertz CT molecular complexity index is 193. The van der Waals surface area contributed by atoms with Crippen molar-refractivity contribution >= 4 is 0 Å². The molecule has 2 nitrogen and oxygen atoms in total. The van der Waals surface area contributed by atoms with Crippen LogP contribution in [0.2, 0.25) is 0 Å². The standard InChI is InChI=1S/C14H27NO/c1-14(9-5-11-16-14)12-15-10-8-13-6-3-2-4-7-13/h13,15H,2-12H2,1H3. The van der Waals surface area contributed by atoms with Crippen molar-refractivity contribution in [1.29, 1.82) is 0 Å². The SMILES string of the molecule is CC1(CNCCC2CCCCC2)CCCO1. The van der Waals surface area contributed by atoms with Crippen LogP contribution in [0.1, 0.15) is 58.3 Å². The zero-order chi connectivity index (χ0) is 11.3. The summed E-state index contributed by atoms with van der Waals surface area (Å²) in [5.74, 6) is 0.999. The first-order valence-corrected chi connectivity index (χ1v) is 7.13. The van der Waals surface area contributed by atoms with E-state index in [4.69, 9.17) is 4.74 Å². The molecule has 16 heavy (non-hydrogen) atoms. The van der Waals surface area contributed by atoms with Gasteiger partial charge in [0.05, 0.1) is 5.60 Å². The fourth-order valence-corrected chi connectivity index (χ4v) is 3.11. The van der Waals surface area contributed by atoms with E-state index in [0.717, 1.165) is 19.1 Å². The van der Waals surface area contributed by atoms with Crippen molar-refractivity contribution in [3.63, 3.8) is 0 Å².